The zero-order chi connectivity index (χ0) is 19.3. The highest BCUT2D eigenvalue weighted by Gasteiger charge is 2.44. The van der Waals surface area contributed by atoms with E-state index in [1.807, 2.05) is 6.07 Å². The molecule has 0 unspecified atom stereocenters. The van der Waals surface area contributed by atoms with Crippen molar-refractivity contribution in [2.75, 3.05) is 0 Å². The number of rotatable bonds is 1. The van der Waals surface area contributed by atoms with Crippen molar-refractivity contribution in [2.45, 2.75) is 5.92 Å². The van der Waals surface area contributed by atoms with E-state index in [2.05, 4.69) is 0 Å². The van der Waals surface area contributed by atoms with Gasteiger partial charge in [-0.2, -0.15) is 5.26 Å². The quantitative estimate of drug-likeness (QED) is 0.781. The van der Waals surface area contributed by atoms with Crippen molar-refractivity contribution < 1.29 is 14.3 Å². The van der Waals surface area contributed by atoms with Crippen LogP contribution in [0.4, 0.5) is 0 Å². The monoisotopic (exact) mass is 396 g/mol. The molecule has 2 aliphatic rings. The van der Waals surface area contributed by atoms with E-state index < -0.39 is 17.5 Å². The second-order valence-corrected chi connectivity index (χ2v) is 6.82. The Kier molecular flexibility index (Phi) is 4.03. The molecule has 1 aliphatic heterocycles. The molecule has 1 atom stereocenters. The molecule has 0 aromatic heterocycles. The lowest BCUT2D eigenvalue weighted by Gasteiger charge is -2.31. The second kappa shape index (κ2) is 6.27. The average Bonchev–Trinajstić information content (AvgIpc) is 2.65. The molecule has 2 N–H and O–H groups in total. The van der Waals surface area contributed by atoms with Crippen LogP contribution >= 0.6 is 23.2 Å². The van der Waals surface area contributed by atoms with Crippen molar-refractivity contribution in [1.82, 2.24) is 0 Å². The highest BCUT2D eigenvalue weighted by Crippen LogP contribution is 2.47. The number of ether oxygens (including phenoxy) is 1. The number of carbonyl (C=O) groups excluding carboxylic acids is 2. The minimum atomic E-state index is -0.996. The van der Waals surface area contributed by atoms with E-state index in [1.165, 1.54) is 0 Å². The Morgan fingerprint density at radius 1 is 0.963 bits per heavy atom. The molecule has 5 nitrogen and oxygen atoms in total. The third-order valence-electron chi connectivity index (χ3n) is 4.58. The van der Waals surface area contributed by atoms with Crippen LogP contribution in [0.2, 0.25) is 10.0 Å². The van der Waals surface area contributed by atoms with Gasteiger partial charge >= 0.3 is 0 Å². The van der Waals surface area contributed by atoms with Crippen LogP contribution in [0.5, 0.6) is 0 Å². The van der Waals surface area contributed by atoms with E-state index >= 15 is 0 Å². The smallest absolute Gasteiger partial charge is 0.229 e. The van der Waals surface area contributed by atoms with Crippen LogP contribution in [0.1, 0.15) is 32.2 Å². The molecule has 0 fully saturated rings. The molecule has 0 bridgehead atoms. The van der Waals surface area contributed by atoms with Crippen LogP contribution in [0.25, 0.3) is 0 Å². The molecule has 7 heteroatoms. The summed E-state index contributed by atoms with van der Waals surface area (Å²) in [6, 6.07) is 13.2. The van der Waals surface area contributed by atoms with E-state index in [1.54, 1.807) is 42.5 Å². The van der Waals surface area contributed by atoms with Crippen LogP contribution in [0.15, 0.2) is 65.3 Å². The van der Waals surface area contributed by atoms with Crippen molar-refractivity contribution in [3.05, 3.63) is 92.0 Å². The zero-order valence-corrected chi connectivity index (χ0v) is 15.1. The van der Waals surface area contributed by atoms with Gasteiger partial charge in [0.1, 0.15) is 11.6 Å². The number of nitrogens with zero attached hydrogens (tertiary/aromatic N) is 1. The number of halogens is 2. The molecule has 0 saturated carbocycles. The highest BCUT2D eigenvalue weighted by molar-refractivity contribution is 6.36. The molecule has 1 heterocycles. The Balaban J connectivity index is 2.04. The van der Waals surface area contributed by atoms with E-state index in [4.69, 9.17) is 33.7 Å². The van der Waals surface area contributed by atoms with E-state index in [0.717, 1.165) is 0 Å². The lowest BCUT2D eigenvalue weighted by Crippen LogP contribution is -2.32. The standard InChI is InChI=1S/C20H10Cl2N2O3/c21-12-6-3-7-13(22)15(12)14-11(8-23)20(24)27-19-16(14)17(25)9-4-1-2-5-10(9)18(19)26/h1-7,14H,24H2/t14-/m1/s1. The van der Waals surface area contributed by atoms with Crippen LogP contribution < -0.4 is 5.73 Å². The minimum Gasteiger partial charge on any atom is -0.436 e. The van der Waals surface area contributed by atoms with Crippen LogP contribution in [0, 0.1) is 11.3 Å². The van der Waals surface area contributed by atoms with Gasteiger partial charge in [0.2, 0.25) is 11.7 Å². The van der Waals surface area contributed by atoms with Crippen LogP contribution in [-0.4, -0.2) is 11.6 Å². The summed E-state index contributed by atoms with van der Waals surface area (Å²) in [4.78, 5) is 26.1. The number of hydrogen-bond acceptors (Lipinski definition) is 5. The van der Waals surface area contributed by atoms with E-state index in [9.17, 15) is 14.9 Å². The van der Waals surface area contributed by atoms with Gasteiger partial charge in [0.05, 0.1) is 11.5 Å². The Morgan fingerprint density at radius 2 is 1.56 bits per heavy atom. The molecule has 0 saturated heterocycles. The number of ketones is 2. The fraction of sp³-hybridized carbons (Fsp3) is 0.0500. The third-order valence-corrected chi connectivity index (χ3v) is 5.23. The van der Waals surface area contributed by atoms with Gasteiger partial charge in [0.25, 0.3) is 0 Å². The fourth-order valence-corrected chi connectivity index (χ4v) is 4.00. The largest absolute Gasteiger partial charge is 0.436 e. The number of Topliss-reactive ketones (excluding diaryl/α,β-unsaturated/α-hetero) is 2. The molecular weight excluding hydrogens is 387 g/mol. The number of carbonyl (C=O) groups is 2. The van der Waals surface area contributed by atoms with E-state index in [-0.39, 0.29) is 44.0 Å². The first kappa shape index (κ1) is 17.3. The predicted molar refractivity (Wildman–Crippen MR) is 99.2 cm³/mol. The maximum Gasteiger partial charge on any atom is 0.229 e. The van der Waals surface area contributed by atoms with Gasteiger partial charge < -0.3 is 10.5 Å². The maximum atomic E-state index is 13.2. The molecule has 2 aromatic carbocycles. The van der Waals surface area contributed by atoms with Gasteiger partial charge in [-0.15, -0.1) is 0 Å². The van der Waals surface area contributed by atoms with Crippen molar-refractivity contribution in [1.29, 1.82) is 5.26 Å². The first-order valence-electron chi connectivity index (χ1n) is 7.89. The Morgan fingerprint density at radius 3 is 2.15 bits per heavy atom. The molecular formula is C20H10Cl2N2O3. The first-order valence-corrected chi connectivity index (χ1v) is 8.65. The molecule has 0 spiro atoms. The number of hydrogen-bond donors (Lipinski definition) is 1. The lowest BCUT2D eigenvalue weighted by molar-refractivity contribution is 0.0897. The Bertz CT molecular complexity index is 1120. The lowest BCUT2D eigenvalue weighted by atomic mass is 9.75. The van der Waals surface area contributed by atoms with Crippen molar-refractivity contribution in [2.24, 2.45) is 5.73 Å². The van der Waals surface area contributed by atoms with Crippen LogP contribution in [-0.2, 0) is 4.74 Å². The fourth-order valence-electron chi connectivity index (χ4n) is 3.38. The second-order valence-electron chi connectivity index (χ2n) is 6.01. The van der Waals surface area contributed by atoms with E-state index in [0.29, 0.717) is 5.56 Å². The van der Waals surface area contributed by atoms with Gasteiger partial charge in [-0.05, 0) is 12.1 Å². The first-order chi connectivity index (χ1) is 13.0. The summed E-state index contributed by atoms with van der Waals surface area (Å²) in [5.41, 5.74) is 6.68. The van der Waals surface area contributed by atoms with Gasteiger partial charge in [-0.3, -0.25) is 9.59 Å². The molecule has 0 radical (unpaired) electrons. The maximum absolute atomic E-state index is 13.2. The van der Waals surface area contributed by atoms with Gasteiger partial charge in [-0.1, -0.05) is 53.5 Å². The summed E-state index contributed by atoms with van der Waals surface area (Å²) in [5.74, 6) is -2.35. The third kappa shape index (κ3) is 2.46. The molecule has 132 valence electrons. The normalized spacial score (nSPS) is 18.6. The SMILES string of the molecule is N#CC1=C(N)OC2=C(C(=O)c3ccccc3C2=O)[C@H]1c1c(Cl)cccc1Cl. The highest BCUT2D eigenvalue weighted by atomic mass is 35.5. The van der Waals surface area contributed by atoms with Gasteiger partial charge in [0.15, 0.2) is 11.5 Å². The molecule has 0 amide bonds. The Labute approximate surface area is 164 Å². The van der Waals surface area contributed by atoms with Crippen LogP contribution in [0.3, 0.4) is 0 Å². The van der Waals surface area contributed by atoms with Crippen molar-refractivity contribution >= 4 is 34.8 Å². The van der Waals surface area contributed by atoms with Gasteiger partial charge in [0, 0.05) is 26.7 Å². The Hall–Kier alpha value is -3.07. The summed E-state index contributed by atoms with van der Waals surface area (Å²) in [5, 5.41) is 10.1. The molecule has 4 rings (SSSR count). The summed E-state index contributed by atoms with van der Waals surface area (Å²) in [6.07, 6.45) is 0. The zero-order valence-electron chi connectivity index (χ0n) is 13.6. The number of fused-ring (bicyclic) bond motifs is 1. The number of nitrogens with two attached hydrogens (primary N) is 1. The van der Waals surface area contributed by atoms with Gasteiger partial charge in [-0.25, -0.2) is 0 Å². The predicted octanol–water partition coefficient (Wildman–Crippen LogP) is 4.13. The minimum absolute atomic E-state index is 0.0134. The number of benzene rings is 2. The number of allylic oxidation sites excluding steroid dienone is 3. The molecule has 2 aromatic rings. The average molecular weight is 397 g/mol. The topological polar surface area (TPSA) is 93.2 Å². The summed E-state index contributed by atoms with van der Waals surface area (Å²) >= 11 is 12.7. The summed E-state index contributed by atoms with van der Waals surface area (Å²) in [6.45, 7) is 0. The summed E-state index contributed by atoms with van der Waals surface area (Å²) < 4.78 is 5.42. The number of nitriles is 1. The van der Waals surface area contributed by atoms with Crippen molar-refractivity contribution in [3.63, 3.8) is 0 Å². The summed E-state index contributed by atoms with van der Waals surface area (Å²) in [7, 11) is 0. The molecule has 27 heavy (non-hydrogen) atoms. The van der Waals surface area contributed by atoms with Crippen molar-refractivity contribution in [3.8, 4) is 6.07 Å². The molecule has 1 aliphatic carbocycles.